The molecule has 26 heavy (non-hydrogen) atoms. The molecule has 2 unspecified atom stereocenters. The highest BCUT2D eigenvalue weighted by atomic mass is 16.5. The van der Waals surface area contributed by atoms with Crippen LogP contribution in [0.5, 0.6) is 11.5 Å². The van der Waals surface area contributed by atoms with E-state index >= 15 is 0 Å². The average Bonchev–Trinajstić information content (AvgIpc) is 3.20. The van der Waals surface area contributed by atoms with Crippen LogP contribution in [-0.4, -0.2) is 19.2 Å². The molecule has 0 radical (unpaired) electrons. The number of H-pyrrole nitrogens is 1. The highest BCUT2D eigenvalue weighted by Gasteiger charge is 2.31. The maximum Gasteiger partial charge on any atom is 0.160 e. The minimum absolute atomic E-state index is 0.260. The van der Waals surface area contributed by atoms with Crippen molar-refractivity contribution >= 4 is 10.9 Å². The van der Waals surface area contributed by atoms with Crippen LogP contribution < -0.4 is 14.8 Å². The minimum atomic E-state index is 0.260. The first kappa shape index (κ1) is 17.0. The van der Waals surface area contributed by atoms with Gasteiger partial charge in [-0.2, -0.15) is 0 Å². The van der Waals surface area contributed by atoms with Crippen molar-refractivity contribution in [3.63, 3.8) is 0 Å². The van der Waals surface area contributed by atoms with E-state index in [-0.39, 0.29) is 6.04 Å². The quantitative estimate of drug-likeness (QED) is 0.714. The first-order valence-corrected chi connectivity index (χ1v) is 9.10. The lowest BCUT2D eigenvalue weighted by atomic mass is 9.91. The summed E-state index contributed by atoms with van der Waals surface area (Å²) >= 11 is 0. The normalized spacial score (nSPS) is 17.3. The molecule has 1 aromatic heterocycles. The molecule has 136 valence electrons. The number of ether oxygens (including phenoxy) is 2. The van der Waals surface area contributed by atoms with Crippen LogP contribution in [0.1, 0.15) is 46.8 Å². The van der Waals surface area contributed by atoms with Gasteiger partial charge in [0, 0.05) is 29.1 Å². The Balaban J connectivity index is 1.73. The molecule has 2 aromatic carbocycles. The van der Waals surface area contributed by atoms with Crippen LogP contribution in [0.15, 0.2) is 30.3 Å². The number of methoxy groups -OCH3 is 2. The number of aromatic amines is 1. The van der Waals surface area contributed by atoms with E-state index in [9.17, 15) is 0 Å². The Morgan fingerprint density at radius 2 is 1.73 bits per heavy atom. The molecule has 0 bridgehead atoms. The van der Waals surface area contributed by atoms with Gasteiger partial charge in [-0.15, -0.1) is 0 Å². The lowest BCUT2D eigenvalue weighted by molar-refractivity contribution is 0.353. The fraction of sp³-hybridized carbons (Fsp3) is 0.364. The molecule has 0 saturated heterocycles. The third-order valence-electron chi connectivity index (χ3n) is 5.80. The van der Waals surface area contributed by atoms with Crippen LogP contribution >= 0.6 is 0 Å². The van der Waals surface area contributed by atoms with Gasteiger partial charge in [0.05, 0.1) is 20.3 Å². The van der Waals surface area contributed by atoms with E-state index in [1.54, 1.807) is 14.2 Å². The molecule has 2 heterocycles. The number of hydrogen-bond donors (Lipinski definition) is 2. The predicted molar refractivity (Wildman–Crippen MR) is 105 cm³/mol. The second-order valence-corrected chi connectivity index (χ2v) is 7.26. The van der Waals surface area contributed by atoms with Crippen molar-refractivity contribution in [3.05, 3.63) is 58.3 Å². The molecule has 0 fully saturated rings. The van der Waals surface area contributed by atoms with Gasteiger partial charge in [-0.05, 0) is 60.4 Å². The topological polar surface area (TPSA) is 46.3 Å². The Labute approximate surface area is 154 Å². The molecule has 3 aromatic rings. The molecule has 0 amide bonds. The Morgan fingerprint density at radius 3 is 2.46 bits per heavy atom. The zero-order valence-corrected chi connectivity index (χ0v) is 16.1. The lowest BCUT2D eigenvalue weighted by Gasteiger charge is -2.21. The number of nitrogens with one attached hydrogen (secondary N) is 2. The van der Waals surface area contributed by atoms with Gasteiger partial charge in [-0.3, -0.25) is 0 Å². The Morgan fingerprint density at radius 1 is 1.00 bits per heavy atom. The monoisotopic (exact) mass is 350 g/mol. The van der Waals surface area contributed by atoms with E-state index in [0.29, 0.717) is 5.92 Å². The van der Waals surface area contributed by atoms with Crippen molar-refractivity contribution in [1.29, 1.82) is 0 Å². The van der Waals surface area contributed by atoms with E-state index < -0.39 is 0 Å². The zero-order chi connectivity index (χ0) is 18.4. The molecule has 2 atom stereocenters. The molecular weight excluding hydrogens is 324 g/mol. The summed E-state index contributed by atoms with van der Waals surface area (Å²) in [6.07, 6.45) is 0. The van der Waals surface area contributed by atoms with Crippen LogP contribution in [0.3, 0.4) is 0 Å². The molecular formula is C22H26N2O2. The summed E-state index contributed by atoms with van der Waals surface area (Å²) in [4.78, 5) is 3.68. The fourth-order valence-electron chi connectivity index (χ4n) is 4.06. The van der Waals surface area contributed by atoms with E-state index in [1.165, 1.54) is 38.9 Å². The Kier molecular flexibility index (Phi) is 4.16. The van der Waals surface area contributed by atoms with Crippen molar-refractivity contribution in [3.8, 4) is 11.5 Å². The van der Waals surface area contributed by atoms with Crippen molar-refractivity contribution in [1.82, 2.24) is 10.3 Å². The van der Waals surface area contributed by atoms with Crippen LogP contribution in [-0.2, 0) is 6.54 Å². The summed E-state index contributed by atoms with van der Waals surface area (Å²) in [6, 6.07) is 11.0. The standard InChI is InChI=1S/C22H26N2O2/c1-12-8-16-17-11-23-21(22(17)24-18(16)9-13(12)2)14(3)15-6-7-19(25-4)20(10-15)26-5/h6-10,14,21,23-24H,11H2,1-5H3. The van der Waals surface area contributed by atoms with Gasteiger partial charge in [0.2, 0.25) is 0 Å². The fourth-order valence-corrected chi connectivity index (χ4v) is 4.06. The van der Waals surface area contributed by atoms with Crippen molar-refractivity contribution in [2.24, 2.45) is 0 Å². The first-order valence-electron chi connectivity index (χ1n) is 9.10. The van der Waals surface area contributed by atoms with Crippen LogP contribution in [0.2, 0.25) is 0 Å². The first-order chi connectivity index (χ1) is 12.5. The molecule has 2 N–H and O–H groups in total. The molecule has 1 aliphatic rings. The molecule has 0 aliphatic carbocycles. The van der Waals surface area contributed by atoms with Crippen LogP contribution in [0.25, 0.3) is 10.9 Å². The van der Waals surface area contributed by atoms with Gasteiger partial charge in [0.25, 0.3) is 0 Å². The van der Waals surface area contributed by atoms with E-state index in [1.807, 2.05) is 6.07 Å². The van der Waals surface area contributed by atoms with Gasteiger partial charge in [-0.1, -0.05) is 13.0 Å². The van der Waals surface area contributed by atoms with Gasteiger partial charge in [-0.25, -0.2) is 0 Å². The molecule has 4 nitrogen and oxygen atoms in total. The number of benzene rings is 2. The summed E-state index contributed by atoms with van der Waals surface area (Å²) in [5.74, 6) is 1.85. The summed E-state index contributed by atoms with van der Waals surface area (Å²) in [5.41, 5.74) is 7.86. The van der Waals surface area contributed by atoms with Crippen molar-refractivity contribution < 1.29 is 9.47 Å². The number of rotatable bonds is 4. The highest BCUT2D eigenvalue weighted by molar-refractivity contribution is 5.87. The average molecular weight is 350 g/mol. The van der Waals surface area contributed by atoms with Crippen LogP contribution in [0, 0.1) is 13.8 Å². The van der Waals surface area contributed by atoms with E-state index in [0.717, 1.165) is 18.0 Å². The van der Waals surface area contributed by atoms with Crippen molar-refractivity contribution in [2.45, 2.75) is 39.3 Å². The third kappa shape index (κ3) is 2.56. The number of aromatic nitrogens is 1. The second-order valence-electron chi connectivity index (χ2n) is 7.26. The number of fused-ring (bicyclic) bond motifs is 3. The van der Waals surface area contributed by atoms with Gasteiger partial charge >= 0.3 is 0 Å². The molecule has 0 spiro atoms. The predicted octanol–water partition coefficient (Wildman–Crippen LogP) is 4.75. The third-order valence-corrected chi connectivity index (χ3v) is 5.80. The number of aryl methyl sites for hydroxylation is 2. The maximum atomic E-state index is 5.48. The summed E-state index contributed by atoms with van der Waals surface area (Å²) in [6.45, 7) is 7.51. The highest BCUT2D eigenvalue weighted by Crippen LogP contribution is 2.41. The largest absolute Gasteiger partial charge is 0.493 e. The SMILES string of the molecule is COc1ccc(C(C)C2NCc3c2[nH]c2cc(C)c(C)cc32)cc1OC. The molecule has 4 heteroatoms. The molecule has 0 saturated carbocycles. The maximum absolute atomic E-state index is 5.48. The molecule has 4 rings (SSSR count). The van der Waals surface area contributed by atoms with Gasteiger partial charge in [0.15, 0.2) is 11.5 Å². The summed E-state index contributed by atoms with van der Waals surface area (Å²) < 4.78 is 10.8. The molecule has 1 aliphatic heterocycles. The summed E-state index contributed by atoms with van der Waals surface area (Å²) in [7, 11) is 3.35. The van der Waals surface area contributed by atoms with Gasteiger partial charge < -0.3 is 19.8 Å². The summed E-state index contributed by atoms with van der Waals surface area (Å²) in [5, 5.41) is 5.03. The Hall–Kier alpha value is -2.46. The van der Waals surface area contributed by atoms with Gasteiger partial charge in [0.1, 0.15) is 0 Å². The second kappa shape index (κ2) is 6.36. The minimum Gasteiger partial charge on any atom is -0.493 e. The Bertz CT molecular complexity index is 974. The zero-order valence-electron chi connectivity index (χ0n) is 16.1. The lowest BCUT2D eigenvalue weighted by Crippen LogP contribution is -2.19. The van der Waals surface area contributed by atoms with E-state index in [4.69, 9.17) is 9.47 Å². The van der Waals surface area contributed by atoms with E-state index in [2.05, 4.69) is 55.3 Å². The smallest absolute Gasteiger partial charge is 0.160 e. The number of hydrogen-bond acceptors (Lipinski definition) is 3. The van der Waals surface area contributed by atoms with Crippen LogP contribution in [0.4, 0.5) is 0 Å². The van der Waals surface area contributed by atoms with Crippen molar-refractivity contribution in [2.75, 3.05) is 14.2 Å².